The molecule has 0 fully saturated rings. The second-order valence-electron chi connectivity index (χ2n) is 5.64. The Balaban J connectivity index is 2.21. The second kappa shape index (κ2) is 7.21. The molecule has 0 aliphatic heterocycles. The molecule has 3 aromatic rings. The van der Waals surface area contributed by atoms with Crippen molar-refractivity contribution in [3.63, 3.8) is 0 Å². The summed E-state index contributed by atoms with van der Waals surface area (Å²) in [6.07, 6.45) is 0. The molecule has 0 saturated carbocycles. The number of carbonyl (C=O) groups is 1. The average molecular weight is 362 g/mol. The fraction of sp³-hybridized carbons (Fsp3) is 0.222. The molecule has 1 heterocycles. The lowest BCUT2D eigenvalue weighted by Gasteiger charge is -2.09. The average Bonchev–Trinajstić information content (AvgIpc) is 2.90. The van der Waals surface area contributed by atoms with Crippen molar-refractivity contribution in [1.82, 2.24) is 15.1 Å². The maximum Gasteiger partial charge on any atom is 0.325 e. The van der Waals surface area contributed by atoms with Gasteiger partial charge < -0.3 is 10.4 Å². The number of hydrogen-bond donors (Lipinski definition) is 2. The number of hydrogen-bond acceptors (Lipinski definition) is 3. The van der Waals surface area contributed by atoms with Crippen LogP contribution in [0.2, 0.25) is 5.02 Å². The van der Waals surface area contributed by atoms with Gasteiger partial charge in [0.1, 0.15) is 18.1 Å². The fourth-order valence-corrected chi connectivity index (χ4v) is 2.97. The van der Waals surface area contributed by atoms with Gasteiger partial charge in [-0.25, -0.2) is 4.39 Å². The highest BCUT2D eigenvalue weighted by atomic mass is 35.5. The molecule has 0 atom stereocenters. The lowest BCUT2D eigenvalue weighted by Crippen LogP contribution is -2.13. The van der Waals surface area contributed by atoms with E-state index in [-0.39, 0.29) is 12.4 Å². The van der Waals surface area contributed by atoms with Gasteiger partial charge in [-0.3, -0.25) is 9.48 Å². The molecule has 7 heteroatoms. The molecule has 0 aliphatic carbocycles. The van der Waals surface area contributed by atoms with Gasteiger partial charge >= 0.3 is 5.97 Å². The number of aliphatic carboxylic acids is 1. The van der Waals surface area contributed by atoms with Crippen LogP contribution in [-0.2, 0) is 17.9 Å². The number of benzene rings is 2. The molecule has 130 valence electrons. The van der Waals surface area contributed by atoms with E-state index in [9.17, 15) is 9.18 Å². The summed E-state index contributed by atoms with van der Waals surface area (Å²) >= 11 is 6.12. The topological polar surface area (TPSA) is 67.2 Å². The molecule has 0 radical (unpaired) electrons. The van der Waals surface area contributed by atoms with E-state index in [0.717, 1.165) is 23.1 Å². The molecular weight excluding hydrogens is 345 g/mol. The van der Waals surface area contributed by atoms with Crippen LogP contribution in [0.25, 0.3) is 22.2 Å². The van der Waals surface area contributed by atoms with Crippen LogP contribution >= 0.6 is 11.6 Å². The Morgan fingerprint density at radius 1 is 1.32 bits per heavy atom. The number of rotatable bonds is 6. The summed E-state index contributed by atoms with van der Waals surface area (Å²) in [5.74, 6) is -1.32. The Morgan fingerprint density at radius 2 is 2.12 bits per heavy atom. The van der Waals surface area contributed by atoms with E-state index in [0.29, 0.717) is 22.8 Å². The SMILES string of the molecule is CCNCc1cc(F)ccc1-c1nn(CC(=O)O)c2ccc(Cl)cc12. The molecule has 1 aromatic heterocycles. The molecule has 3 rings (SSSR count). The van der Waals surface area contributed by atoms with Crippen LogP contribution in [-0.4, -0.2) is 27.4 Å². The molecule has 0 spiro atoms. The zero-order valence-electron chi connectivity index (χ0n) is 13.6. The Morgan fingerprint density at radius 3 is 2.84 bits per heavy atom. The third-order valence-electron chi connectivity index (χ3n) is 3.89. The van der Waals surface area contributed by atoms with E-state index in [2.05, 4.69) is 10.4 Å². The first-order chi connectivity index (χ1) is 12.0. The number of carboxylic acid groups (broad SMARTS) is 1. The molecule has 0 amide bonds. The van der Waals surface area contributed by atoms with Crippen molar-refractivity contribution < 1.29 is 14.3 Å². The molecule has 2 N–H and O–H groups in total. The molecular formula is C18H17ClFN3O2. The van der Waals surface area contributed by atoms with E-state index in [1.54, 1.807) is 24.3 Å². The van der Waals surface area contributed by atoms with Gasteiger partial charge in [-0.05, 0) is 48.5 Å². The van der Waals surface area contributed by atoms with Crippen molar-refractivity contribution in [3.05, 3.63) is 52.8 Å². The van der Waals surface area contributed by atoms with Crippen LogP contribution in [0, 0.1) is 5.82 Å². The first kappa shape index (κ1) is 17.4. The lowest BCUT2D eigenvalue weighted by atomic mass is 10.0. The van der Waals surface area contributed by atoms with Gasteiger partial charge in [0.2, 0.25) is 0 Å². The van der Waals surface area contributed by atoms with Crippen molar-refractivity contribution in [2.24, 2.45) is 0 Å². The first-order valence-corrected chi connectivity index (χ1v) is 8.24. The Kier molecular flexibility index (Phi) is 5.01. The van der Waals surface area contributed by atoms with E-state index in [1.807, 2.05) is 6.92 Å². The van der Waals surface area contributed by atoms with Crippen LogP contribution in [0.3, 0.4) is 0 Å². The molecule has 0 unspecified atom stereocenters. The summed E-state index contributed by atoms with van der Waals surface area (Å²) in [4.78, 5) is 11.1. The quantitative estimate of drug-likeness (QED) is 0.702. The maximum absolute atomic E-state index is 13.7. The molecule has 25 heavy (non-hydrogen) atoms. The zero-order valence-corrected chi connectivity index (χ0v) is 14.3. The minimum absolute atomic E-state index is 0.262. The largest absolute Gasteiger partial charge is 0.480 e. The summed E-state index contributed by atoms with van der Waals surface area (Å²) in [6, 6.07) is 9.68. The minimum Gasteiger partial charge on any atom is -0.480 e. The van der Waals surface area contributed by atoms with Crippen molar-refractivity contribution in [3.8, 4) is 11.3 Å². The van der Waals surface area contributed by atoms with Crippen molar-refractivity contribution in [2.45, 2.75) is 20.0 Å². The Bertz CT molecular complexity index is 939. The maximum atomic E-state index is 13.7. The fourth-order valence-electron chi connectivity index (χ4n) is 2.80. The van der Waals surface area contributed by atoms with Crippen LogP contribution in [0.4, 0.5) is 4.39 Å². The van der Waals surface area contributed by atoms with E-state index >= 15 is 0 Å². The zero-order chi connectivity index (χ0) is 18.0. The molecule has 5 nitrogen and oxygen atoms in total. The van der Waals surface area contributed by atoms with Gasteiger partial charge in [-0.1, -0.05) is 18.5 Å². The highest BCUT2D eigenvalue weighted by Crippen LogP contribution is 2.32. The predicted octanol–water partition coefficient (Wildman–Crippen LogP) is 3.69. The normalized spacial score (nSPS) is 11.2. The Hall–Kier alpha value is -2.44. The van der Waals surface area contributed by atoms with Gasteiger partial charge in [0.25, 0.3) is 0 Å². The van der Waals surface area contributed by atoms with Crippen LogP contribution in [0.1, 0.15) is 12.5 Å². The van der Waals surface area contributed by atoms with Crippen LogP contribution in [0.15, 0.2) is 36.4 Å². The summed E-state index contributed by atoms with van der Waals surface area (Å²) in [6.45, 7) is 2.94. The molecule has 0 saturated heterocycles. The van der Waals surface area contributed by atoms with Crippen LogP contribution in [0.5, 0.6) is 0 Å². The molecule has 0 bridgehead atoms. The van der Waals surface area contributed by atoms with Crippen LogP contribution < -0.4 is 5.32 Å². The summed E-state index contributed by atoms with van der Waals surface area (Å²) in [5, 5.41) is 18.0. The van der Waals surface area contributed by atoms with Gasteiger partial charge in [0.05, 0.1) is 5.52 Å². The van der Waals surface area contributed by atoms with E-state index < -0.39 is 5.97 Å². The van der Waals surface area contributed by atoms with E-state index in [4.69, 9.17) is 16.7 Å². The highest BCUT2D eigenvalue weighted by Gasteiger charge is 2.17. The number of nitrogens with one attached hydrogen (secondary N) is 1. The summed E-state index contributed by atoms with van der Waals surface area (Å²) in [7, 11) is 0. The summed E-state index contributed by atoms with van der Waals surface area (Å²) in [5.41, 5.74) is 2.76. The van der Waals surface area contributed by atoms with Gasteiger partial charge in [0.15, 0.2) is 0 Å². The number of halogens is 2. The van der Waals surface area contributed by atoms with Gasteiger partial charge in [-0.15, -0.1) is 0 Å². The smallest absolute Gasteiger partial charge is 0.325 e. The number of carboxylic acids is 1. The monoisotopic (exact) mass is 361 g/mol. The third kappa shape index (κ3) is 3.65. The number of nitrogens with zero attached hydrogens (tertiary/aromatic N) is 2. The van der Waals surface area contributed by atoms with Gasteiger partial charge in [0, 0.05) is 22.5 Å². The second-order valence-corrected chi connectivity index (χ2v) is 6.08. The highest BCUT2D eigenvalue weighted by molar-refractivity contribution is 6.31. The van der Waals surface area contributed by atoms with Crippen molar-refractivity contribution in [2.75, 3.05) is 6.54 Å². The van der Waals surface area contributed by atoms with Gasteiger partial charge in [-0.2, -0.15) is 5.10 Å². The number of aromatic nitrogens is 2. The standard InChI is InChI=1S/C18H17ClFN3O2/c1-2-21-9-11-7-13(20)4-5-14(11)18-15-8-12(19)3-6-16(15)23(22-18)10-17(24)25/h3-8,21H,2,9-10H2,1H3,(H,24,25). The van der Waals surface area contributed by atoms with Crippen molar-refractivity contribution >= 4 is 28.5 Å². The Labute approximate surface area is 149 Å². The van der Waals surface area contributed by atoms with Crippen molar-refractivity contribution in [1.29, 1.82) is 0 Å². The lowest BCUT2D eigenvalue weighted by molar-refractivity contribution is -0.137. The molecule has 2 aromatic carbocycles. The number of fused-ring (bicyclic) bond motifs is 1. The molecule has 0 aliphatic rings. The summed E-state index contributed by atoms with van der Waals surface area (Å²) < 4.78 is 15.1. The minimum atomic E-state index is -0.988. The predicted molar refractivity (Wildman–Crippen MR) is 95.2 cm³/mol. The van der Waals surface area contributed by atoms with E-state index in [1.165, 1.54) is 16.8 Å². The third-order valence-corrected chi connectivity index (χ3v) is 4.12. The first-order valence-electron chi connectivity index (χ1n) is 7.87.